The van der Waals surface area contributed by atoms with Crippen molar-refractivity contribution in [2.75, 3.05) is 6.61 Å². The van der Waals surface area contributed by atoms with E-state index < -0.39 is 0 Å². The van der Waals surface area contributed by atoms with Gasteiger partial charge >= 0.3 is 0 Å². The van der Waals surface area contributed by atoms with Crippen LogP contribution >= 0.6 is 0 Å². The van der Waals surface area contributed by atoms with Crippen LogP contribution in [-0.4, -0.2) is 16.9 Å². The molecule has 1 heterocycles. The summed E-state index contributed by atoms with van der Waals surface area (Å²) in [5.74, 6) is 0.867. The van der Waals surface area contributed by atoms with Crippen LogP contribution in [0.3, 0.4) is 0 Å². The summed E-state index contributed by atoms with van der Waals surface area (Å²) in [6.45, 7) is 5.97. The smallest absolute Gasteiger partial charge is 0.136 e. The number of aliphatic hydroxyl groups is 1. The Labute approximate surface area is 72.4 Å². The van der Waals surface area contributed by atoms with Crippen LogP contribution in [0.2, 0.25) is 0 Å². The standard InChI is InChI=1S/C9H15NO2/c1-4-7-5-8(10-12-7)9(2,3)6-11/h5,11H,4,6H2,1-3H3. The first-order valence-electron chi connectivity index (χ1n) is 4.17. The lowest BCUT2D eigenvalue weighted by molar-refractivity contribution is 0.210. The lowest BCUT2D eigenvalue weighted by atomic mass is 9.90. The monoisotopic (exact) mass is 169 g/mol. The molecule has 0 aliphatic carbocycles. The normalized spacial score (nSPS) is 12.0. The van der Waals surface area contributed by atoms with Gasteiger partial charge in [0.05, 0.1) is 12.3 Å². The van der Waals surface area contributed by atoms with Crippen molar-refractivity contribution in [1.29, 1.82) is 0 Å². The van der Waals surface area contributed by atoms with Crippen LogP contribution in [0.15, 0.2) is 10.6 Å². The van der Waals surface area contributed by atoms with E-state index in [9.17, 15) is 0 Å². The van der Waals surface area contributed by atoms with Gasteiger partial charge in [0.2, 0.25) is 0 Å². The Bertz CT molecular complexity index is 253. The van der Waals surface area contributed by atoms with Crippen molar-refractivity contribution < 1.29 is 9.63 Å². The Morgan fingerprint density at radius 3 is 2.67 bits per heavy atom. The molecule has 0 bridgehead atoms. The van der Waals surface area contributed by atoms with Crippen molar-refractivity contribution in [3.8, 4) is 0 Å². The van der Waals surface area contributed by atoms with Gasteiger partial charge in [-0.2, -0.15) is 0 Å². The third-order valence-corrected chi connectivity index (χ3v) is 2.00. The van der Waals surface area contributed by atoms with Gasteiger partial charge in [-0.05, 0) is 0 Å². The maximum absolute atomic E-state index is 9.05. The average Bonchev–Trinajstić information content (AvgIpc) is 2.52. The van der Waals surface area contributed by atoms with Crippen LogP contribution in [0.4, 0.5) is 0 Å². The van der Waals surface area contributed by atoms with Crippen LogP contribution < -0.4 is 0 Å². The zero-order chi connectivity index (χ0) is 9.19. The van der Waals surface area contributed by atoms with Gasteiger partial charge in [0.25, 0.3) is 0 Å². The number of aromatic nitrogens is 1. The van der Waals surface area contributed by atoms with Gasteiger partial charge in [-0.3, -0.25) is 0 Å². The molecule has 0 unspecified atom stereocenters. The van der Waals surface area contributed by atoms with Crippen LogP contribution in [0.25, 0.3) is 0 Å². The predicted molar refractivity (Wildman–Crippen MR) is 46.0 cm³/mol. The second kappa shape index (κ2) is 3.27. The SMILES string of the molecule is CCc1cc(C(C)(C)CO)no1. The van der Waals surface area contributed by atoms with E-state index in [0.29, 0.717) is 0 Å². The third-order valence-electron chi connectivity index (χ3n) is 2.00. The van der Waals surface area contributed by atoms with Crippen molar-refractivity contribution in [2.45, 2.75) is 32.6 Å². The van der Waals surface area contributed by atoms with E-state index in [1.165, 1.54) is 0 Å². The Morgan fingerprint density at radius 1 is 1.58 bits per heavy atom. The van der Waals surface area contributed by atoms with Crippen molar-refractivity contribution in [2.24, 2.45) is 0 Å². The summed E-state index contributed by atoms with van der Waals surface area (Å²) >= 11 is 0. The molecular formula is C9H15NO2. The minimum absolute atomic E-state index is 0.0860. The minimum Gasteiger partial charge on any atom is -0.395 e. The molecule has 0 aliphatic heterocycles. The third kappa shape index (κ3) is 1.67. The van der Waals surface area contributed by atoms with E-state index >= 15 is 0 Å². The highest BCUT2D eigenvalue weighted by Gasteiger charge is 2.23. The minimum atomic E-state index is -0.295. The van der Waals surface area contributed by atoms with Gasteiger partial charge in [0.1, 0.15) is 5.76 Å². The van der Waals surface area contributed by atoms with Gasteiger partial charge in [0, 0.05) is 17.9 Å². The molecule has 0 aliphatic rings. The van der Waals surface area contributed by atoms with Gasteiger partial charge in [-0.25, -0.2) is 0 Å². The molecule has 0 fully saturated rings. The molecule has 68 valence electrons. The van der Waals surface area contributed by atoms with E-state index in [0.717, 1.165) is 17.9 Å². The van der Waals surface area contributed by atoms with E-state index in [2.05, 4.69) is 5.16 Å². The zero-order valence-electron chi connectivity index (χ0n) is 7.79. The Hall–Kier alpha value is -0.830. The molecule has 3 nitrogen and oxygen atoms in total. The van der Waals surface area contributed by atoms with Gasteiger partial charge < -0.3 is 9.63 Å². The lowest BCUT2D eigenvalue weighted by Crippen LogP contribution is -2.22. The summed E-state index contributed by atoms with van der Waals surface area (Å²) in [5, 5.41) is 12.9. The van der Waals surface area contributed by atoms with Gasteiger partial charge in [-0.1, -0.05) is 25.9 Å². The summed E-state index contributed by atoms with van der Waals surface area (Å²) in [7, 11) is 0. The van der Waals surface area contributed by atoms with Crippen molar-refractivity contribution in [3.63, 3.8) is 0 Å². The first-order chi connectivity index (χ1) is 5.60. The molecule has 1 aromatic rings. The molecule has 1 N–H and O–H groups in total. The van der Waals surface area contributed by atoms with Crippen molar-refractivity contribution >= 4 is 0 Å². The van der Waals surface area contributed by atoms with E-state index in [-0.39, 0.29) is 12.0 Å². The van der Waals surface area contributed by atoms with Gasteiger partial charge in [0.15, 0.2) is 0 Å². The molecule has 0 atom stereocenters. The fraction of sp³-hybridized carbons (Fsp3) is 0.667. The molecule has 0 radical (unpaired) electrons. The average molecular weight is 169 g/mol. The van der Waals surface area contributed by atoms with Crippen LogP contribution in [0.5, 0.6) is 0 Å². The maximum Gasteiger partial charge on any atom is 0.136 e. The highest BCUT2D eigenvalue weighted by Crippen LogP contribution is 2.21. The van der Waals surface area contributed by atoms with E-state index in [1.807, 2.05) is 26.8 Å². The van der Waals surface area contributed by atoms with Crippen molar-refractivity contribution in [3.05, 3.63) is 17.5 Å². The maximum atomic E-state index is 9.05. The number of hydrogen-bond donors (Lipinski definition) is 1. The Morgan fingerprint density at radius 2 is 2.25 bits per heavy atom. The summed E-state index contributed by atoms with van der Waals surface area (Å²) in [5.41, 5.74) is 0.526. The number of aryl methyl sites for hydroxylation is 1. The van der Waals surface area contributed by atoms with Gasteiger partial charge in [-0.15, -0.1) is 0 Å². The second-order valence-corrected chi connectivity index (χ2v) is 3.57. The number of rotatable bonds is 3. The zero-order valence-corrected chi connectivity index (χ0v) is 7.79. The Kier molecular flexibility index (Phi) is 2.52. The molecule has 12 heavy (non-hydrogen) atoms. The fourth-order valence-corrected chi connectivity index (χ4v) is 0.880. The highest BCUT2D eigenvalue weighted by atomic mass is 16.5. The quantitative estimate of drug-likeness (QED) is 0.746. The van der Waals surface area contributed by atoms with E-state index in [1.54, 1.807) is 0 Å². The molecule has 0 amide bonds. The molecule has 0 aromatic carbocycles. The first-order valence-corrected chi connectivity index (χ1v) is 4.17. The van der Waals surface area contributed by atoms with Crippen LogP contribution in [0.1, 0.15) is 32.2 Å². The molecule has 0 saturated carbocycles. The highest BCUT2D eigenvalue weighted by molar-refractivity contribution is 5.15. The molecule has 0 saturated heterocycles. The topological polar surface area (TPSA) is 46.3 Å². The lowest BCUT2D eigenvalue weighted by Gasteiger charge is -2.16. The van der Waals surface area contributed by atoms with Crippen LogP contribution in [0, 0.1) is 0 Å². The largest absolute Gasteiger partial charge is 0.395 e. The summed E-state index contributed by atoms with van der Waals surface area (Å²) in [6, 6.07) is 1.90. The second-order valence-electron chi connectivity index (χ2n) is 3.57. The van der Waals surface area contributed by atoms with E-state index in [4.69, 9.17) is 9.63 Å². The van der Waals surface area contributed by atoms with Crippen molar-refractivity contribution in [1.82, 2.24) is 5.16 Å². The van der Waals surface area contributed by atoms with Crippen LogP contribution in [-0.2, 0) is 11.8 Å². The molecule has 1 aromatic heterocycles. The summed E-state index contributed by atoms with van der Waals surface area (Å²) < 4.78 is 5.04. The molecule has 0 spiro atoms. The summed E-state index contributed by atoms with van der Waals surface area (Å²) in [4.78, 5) is 0. The fourth-order valence-electron chi connectivity index (χ4n) is 0.880. The predicted octanol–water partition coefficient (Wildman–Crippen LogP) is 1.51. The first kappa shape index (κ1) is 9.26. The number of aliphatic hydroxyl groups excluding tert-OH is 1. The molecular weight excluding hydrogens is 154 g/mol. The molecule has 1 rings (SSSR count). The number of nitrogens with zero attached hydrogens (tertiary/aromatic N) is 1. The summed E-state index contributed by atoms with van der Waals surface area (Å²) in [6.07, 6.45) is 0.842. The Balaban J connectivity index is 2.88. The molecule has 3 heteroatoms. The number of hydrogen-bond acceptors (Lipinski definition) is 3.